The summed E-state index contributed by atoms with van der Waals surface area (Å²) in [6.45, 7) is 0. The fourth-order valence-corrected chi connectivity index (χ4v) is 8.06. The van der Waals surface area contributed by atoms with Gasteiger partial charge >= 0.3 is 0 Å². The van der Waals surface area contributed by atoms with Gasteiger partial charge in [0, 0.05) is 65.7 Å². The Morgan fingerprint density at radius 3 is 1.98 bits per heavy atom. The van der Waals surface area contributed by atoms with Crippen LogP contribution in [0.15, 0.2) is 56.4 Å². The van der Waals surface area contributed by atoms with E-state index in [1.807, 2.05) is 36.4 Å². The fraction of sp³-hybridized carbons (Fsp3) is 0.438. The van der Waals surface area contributed by atoms with Crippen molar-refractivity contribution in [2.24, 2.45) is 55.1 Å². The standard InChI is InChI=1S/C32H34N12.Zn/c33-13-1-5-17-21(9-13)29-37-25(17)41-30-22-10-14(34)2-6-18(22)27(38-30)43-32-24-12-16(36)4-8-20(24)28(40-32)44-31-23-11-15(35)3-7-19(23)26(39-31)42-29;/h1,4-5,8-9,12,14-15,18-19,22-23,26,30H,2-3,6-7,10-11,33-36H2;/q-4;. The van der Waals surface area contributed by atoms with E-state index in [0.29, 0.717) is 34.0 Å². The van der Waals surface area contributed by atoms with E-state index in [1.54, 1.807) is 0 Å². The second-order valence-corrected chi connectivity index (χ2v) is 13.1. The van der Waals surface area contributed by atoms with Crippen molar-refractivity contribution in [2.75, 3.05) is 11.5 Å². The molecule has 8 bridgehead atoms. The first-order valence-electron chi connectivity index (χ1n) is 15.6. The molecule has 0 spiro atoms. The number of rotatable bonds is 0. The van der Waals surface area contributed by atoms with E-state index in [9.17, 15) is 0 Å². The van der Waals surface area contributed by atoms with Gasteiger partial charge in [-0.05, 0) is 97.7 Å². The zero-order valence-corrected chi connectivity index (χ0v) is 27.9. The first-order chi connectivity index (χ1) is 21.4. The van der Waals surface area contributed by atoms with E-state index in [0.717, 1.165) is 71.7 Å². The van der Waals surface area contributed by atoms with Gasteiger partial charge in [-0.25, -0.2) is 0 Å². The summed E-state index contributed by atoms with van der Waals surface area (Å²) in [6, 6.07) is 11.7. The van der Waals surface area contributed by atoms with Crippen LogP contribution in [0.3, 0.4) is 0 Å². The fourth-order valence-electron chi connectivity index (χ4n) is 8.06. The Morgan fingerprint density at radius 1 is 0.600 bits per heavy atom. The van der Waals surface area contributed by atoms with Crippen molar-refractivity contribution in [3.05, 3.63) is 58.0 Å². The van der Waals surface area contributed by atoms with Crippen molar-refractivity contribution < 1.29 is 19.5 Å². The molecule has 0 saturated heterocycles. The maximum atomic E-state index is 6.48. The number of nitrogens with zero attached hydrogens (tertiary/aromatic N) is 8. The summed E-state index contributed by atoms with van der Waals surface area (Å²) in [5.74, 6) is 3.18. The second kappa shape index (κ2) is 10.6. The van der Waals surface area contributed by atoms with Gasteiger partial charge in [-0.3, -0.25) is 11.6 Å². The predicted molar refractivity (Wildman–Crippen MR) is 172 cm³/mol. The van der Waals surface area contributed by atoms with Crippen molar-refractivity contribution >= 4 is 56.2 Å². The number of nitrogens with two attached hydrogens (primary N) is 4. The van der Waals surface area contributed by atoms with Crippen LogP contribution in [0.5, 0.6) is 0 Å². The van der Waals surface area contributed by atoms with E-state index in [4.69, 9.17) is 63.5 Å². The third-order valence-corrected chi connectivity index (χ3v) is 10.3. The van der Waals surface area contributed by atoms with Crippen molar-refractivity contribution in [3.63, 3.8) is 0 Å². The Labute approximate surface area is 272 Å². The molecule has 2 aliphatic carbocycles. The Kier molecular flexibility index (Phi) is 6.78. The minimum atomic E-state index is -0.364. The normalized spacial score (nSPS) is 31.8. The molecule has 0 amide bonds. The van der Waals surface area contributed by atoms with E-state index >= 15 is 0 Å². The van der Waals surface area contributed by atoms with Crippen molar-refractivity contribution in [2.45, 2.75) is 62.9 Å². The molecule has 12 nitrogen and oxygen atoms in total. The molecule has 2 saturated carbocycles. The minimum Gasteiger partial charge on any atom is -0.695 e. The van der Waals surface area contributed by atoms with Crippen LogP contribution in [0.1, 0.15) is 38.5 Å². The van der Waals surface area contributed by atoms with Gasteiger partial charge in [-0.15, -0.1) is 0 Å². The summed E-state index contributed by atoms with van der Waals surface area (Å²) in [5.41, 5.74) is 27.9. The molecule has 8 unspecified atom stereocenters. The van der Waals surface area contributed by atoms with Crippen LogP contribution in [0, 0.1) is 23.7 Å². The van der Waals surface area contributed by atoms with E-state index in [1.165, 1.54) is 0 Å². The monoisotopic (exact) mass is 650 g/mol. The van der Waals surface area contributed by atoms with Crippen molar-refractivity contribution in [1.82, 2.24) is 9.97 Å². The molecule has 9 rings (SSSR count). The molecule has 228 valence electrons. The van der Waals surface area contributed by atoms with Crippen LogP contribution in [-0.4, -0.2) is 36.1 Å². The van der Waals surface area contributed by atoms with E-state index < -0.39 is 0 Å². The van der Waals surface area contributed by atoms with Gasteiger partial charge in [-0.1, -0.05) is 22.9 Å². The SMILES string of the molecule is Nc1ccc2c3[n-]c(c2c1)[N-]C1N=C(N=c2[n-]c(c4cc(N)ccc24)=NC2=NC([N-]3)C3CC(N)CCC23)C2CC(N)CCC12.[Zn]. The molecule has 13 heteroatoms. The number of benzene rings is 2. The van der Waals surface area contributed by atoms with E-state index in [-0.39, 0.29) is 67.6 Å². The molecule has 8 atom stereocenters. The molecule has 5 heterocycles. The maximum Gasteiger partial charge on any atom is 0.0566 e. The third-order valence-electron chi connectivity index (χ3n) is 10.3. The van der Waals surface area contributed by atoms with Crippen LogP contribution in [0.25, 0.3) is 32.2 Å². The summed E-state index contributed by atoms with van der Waals surface area (Å²) in [4.78, 5) is 30.4. The summed E-state index contributed by atoms with van der Waals surface area (Å²) in [7, 11) is 0. The number of aromatic nitrogens is 2. The molecule has 45 heavy (non-hydrogen) atoms. The number of nitrogen functional groups attached to an aromatic ring is 2. The summed E-state index contributed by atoms with van der Waals surface area (Å²) in [6.07, 6.45) is 4.55. The van der Waals surface area contributed by atoms with Gasteiger partial charge in [0.25, 0.3) is 0 Å². The third kappa shape index (κ3) is 4.66. The smallest absolute Gasteiger partial charge is 0.0566 e. The van der Waals surface area contributed by atoms with E-state index in [2.05, 4.69) is 0 Å². The molecule has 3 aliphatic heterocycles. The quantitative estimate of drug-likeness (QED) is 0.166. The molecule has 4 aromatic rings. The average Bonchev–Trinajstić information content (AvgIpc) is 3.71. The van der Waals surface area contributed by atoms with Gasteiger partial charge in [-0.2, -0.15) is 0 Å². The number of hydrogen-bond donors (Lipinski definition) is 4. The molecular formula is C32H34N12Zn-4. The topological polar surface area (TPSA) is 210 Å². The van der Waals surface area contributed by atoms with Crippen molar-refractivity contribution in [3.8, 4) is 0 Å². The van der Waals surface area contributed by atoms with Gasteiger partial charge in [0.15, 0.2) is 0 Å². The number of anilines is 2. The molecule has 8 N–H and O–H groups in total. The van der Waals surface area contributed by atoms with Crippen LogP contribution >= 0.6 is 0 Å². The molecule has 0 radical (unpaired) electrons. The van der Waals surface area contributed by atoms with Crippen LogP contribution in [0.2, 0.25) is 0 Å². The van der Waals surface area contributed by atoms with Crippen LogP contribution in [-0.2, 0) is 19.5 Å². The first-order valence-corrected chi connectivity index (χ1v) is 15.6. The number of fused-ring (bicyclic) bond motifs is 18. The number of amidine groups is 2. The van der Waals surface area contributed by atoms with Crippen LogP contribution in [0.4, 0.5) is 23.0 Å². The zero-order valence-electron chi connectivity index (χ0n) is 24.9. The minimum absolute atomic E-state index is 0. The molecular weight excluding hydrogens is 618 g/mol. The maximum absolute atomic E-state index is 6.48. The largest absolute Gasteiger partial charge is 0.695 e. The number of aliphatic imine (C=N–C) groups is 2. The molecule has 2 aromatic heterocycles. The van der Waals surface area contributed by atoms with Gasteiger partial charge in [0.1, 0.15) is 0 Å². The summed E-state index contributed by atoms with van der Waals surface area (Å²) < 4.78 is 0. The van der Waals surface area contributed by atoms with Gasteiger partial charge in [0.2, 0.25) is 0 Å². The first kappa shape index (κ1) is 28.7. The number of hydrogen-bond acceptors (Lipinski definition) is 8. The predicted octanol–water partition coefficient (Wildman–Crippen LogP) is 3.00. The molecule has 5 aliphatic rings. The average molecular weight is 652 g/mol. The Bertz CT molecular complexity index is 2010. The van der Waals surface area contributed by atoms with Crippen LogP contribution < -0.4 is 43.9 Å². The Balaban J connectivity index is 0.00000300. The second-order valence-electron chi connectivity index (χ2n) is 13.1. The zero-order chi connectivity index (χ0) is 29.7. The Morgan fingerprint density at radius 2 is 1.20 bits per heavy atom. The molecule has 2 fully saturated rings. The van der Waals surface area contributed by atoms with Crippen molar-refractivity contribution in [1.29, 1.82) is 0 Å². The molecule has 2 aromatic carbocycles. The van der Waals surface area contributed by atoms with Gasteiger partial charge in [0.05, 0.1) is 11.7 Å². The summed E-state index contributed by atoms with van der Waals surface area (Å²) in [5, 5.41) is 13.9. The summed E-state index contributed by atoms with van der Waals surface area (Å²) >= 11 is 0. The van der Waals surface area contributed by atoms with Gasteiger partial charge < -0.3 is 63.5 Å². The Hall–Kier alpha value is -3.80.